The van der Waals surface area contributed by atoms with E-state index in [4.69, 9.17) is 0 Å². The molecule has 0 spiro atoms. The summed E-state index contributed by atoms with van der Waals surface area (Å²) in [7, 11) is 0. The second-order valence-electron chi connectivity index (χ2n) is 6.00. The average molecular weight is 344 g/mol. The van der Waals surface area contributed by atoms with Crippen molar-refractivity contribution in [1.29, 1.82) is 0 Å². The van der Waals surface area contributed by atoms with Crippen molar-refractivity contribution in [2.75, 3.05) is 42.6 Å². The van der Waals surface area contributed by atoms with E-state index in [1.165, 1.54) is 0 Å². The number of imidazole rings is 1. The average Bonchev–Trinajstić information content (AvgIpc) is 3.34. The van der Waals surface area contributed by atoms with Crippen LogP contribution < -0.4 is 4.90 Å². The molecule has 2 aromatic rings. The molecule has 0 atom stereocenters. The van der Waals surface area contributed by atoms with Gasteiger partial charge in [-0.3, -0.25) is 9.36 Å². The number of amides is 1. The van der Waals surface area contributed by atoms with E-state index in [2.05, 4.69) is 19.9 Å². The third-order valence-electron chi connectivity index (χ3n) is 4.43. The van der Waals surface area contributed by atoms with E-state index < -0.39 is 0 Å². The highest BCUT2D eigenvalue weighted by molar-refractivity contribution is 7.99. The number of rotatable bonds is 3. The second kappa shape index (κ2) is 6.80. The van der Waals surface area contributed by atoms with Crippen LogP contribution in [0.5, 0.6) is 0 Å². The standard InChI is InChI=1S/C16H20N6OS/c23-16(21-3-1-2-4-21)13-10-22(12-19-13)15-9-14(17-11-18-15)20-5-7-24-8-6-20/h9-12H,1-8H2. The summed E-state index contributed by atoms with van der Waals surface area (Å²) in [4.78, 5) is 29.5. The van der Waals surface area contributed by atoms with E-state index in [0.717, 1.165) is 62.2 Å². The van der Waals surface area contributed by atoms with Gasteiger partial charge in [0.1, 0.15) is 30.0 Å². The minimum absolute atomic E-state index is 0.00795. The van der Waals surface area contributed by atoms with Gasteiger partial charge in [-0.15, -0.1) is 0 Å². The number of carbonyl (C=O) groups is 1. The highest BCUT2D eigenvalue weighted by Crippen LogP contribution is 2.19. The number of anilines is 1. The molecule has 24 heavy (non-hydrogen) atoms. The van der Waals surface area contributed by atoms with Gasteiger partial charge >= 0.3 is 0 Å². The van der Waals surface area contributed by atoms with Crippen LogP contribution in [0.25, 0.3) is 5.82 Å². The maximum absolute atomic E-state index is 12.4. The Morgan fingerprint density at radius 3 is 2.54 bits per heavy atom. The number of thioether (sulfide) groups is 1. The molecule has 4 rings (SSSR count). The number of likely N-dealkylation sites (tertiary alicyclic amines) is 1. The Balaban J connectivity index is 1.54. The third-order valence-corrected chi connectivity index (χ3v) is 5.38. The molecule has 2 fully saturated rings. The van der Waals surface area contributed by atoms with Gasteiger partial charge in [0.2, 0.25) is 0 Å². The number of aromatic nitrogens is 4. The molecule has 1 amide bonds. The van der Waals surface area contributed by atoms with E-state index in [1.54, 1.807) is 23.4 Å². The smallest absolute Gasteiger partial charge is 0.274 e. The number of carbonyl (C=O) groups excluding carboxylic acids is 1. The molecule has 0 radical (unpaired) electrons. The van der Waals surface area contributed by atoms with E-state index >= 15 is 0 Å². The summed E-state index contributed by atoms with van der Waals surface area (Å²) in [6.45, 7) is 3.67. The Hall–Kier alpha value is -2.09. The van der Waals surface area contributed by atoms with Gasteiger partial charge in [0, 0.05) is 49.9 Å². The maximum Gasteiger partial charge on any atom is 0.274 e. The minimum Gasteiger partial charge on any atom is -0.355 e. The number of hydrogen-bond donors (Lipinski definition) is 0. The molecule has 2 aliphatic rings. The largest absolute Gasteiger partial charge is 0.355 e. The molecule has 4 heterocycles. The van der Waals surface area contributed by atoms with Crippen LogP contribution in [0.4, 0.5) is 5.82 Å². The number of nitrogens with zero attached hydrogens (tertiary/aromatic N) is 6. The van der Waals surface area contributed by atoms with Crippen LogP contribution in [0.2, 0.25) is 0 Å². The fourth-order valence-corrected chi connectivity index (χ4v) is 3.99. The van der Waals surface area contributed by atoms with Crippen LogP contribution in [0.3, 0.4) is 0 Å². The van der Waals surface area contributed by atoms with Gasteiger partial charge in [-0.25, -0.2) is 15.0 Å². The molecule has 2 aliphatic heterocycles. The van der Waals surface area contributed by atoms with Gasteiger partial charge in [-0.2, -0.15) is 11.8 Å². The third kappa shape index (κ3) is 3.10. The van der Waals surface area contributed by atoms with Gasteiger partial charge in [-0.05, 0) is 12.8 Å². The fourth-order valence-electron chi connectivity index (χ4n) is 3.08. The topological polar surface area (TPSA) is 67.2 Å². The Kier molecular flexibility index (Phi) is 4.38. The summed E-state index contributed by atoms with van der Waals surface area (Å²) in [6, 6.07) is 1.96. The predicted molar refractivity (Wildman–Crippen MR) is 93.8 cm³/mol. The first-order chi connectivity index (χ1) is 11.8. The highest BCUT2D eigenvalue weighted by atomic mass is 32.2. The quantitative estimate of drug-likeness (QED) is 0.840. The summed E-state index contributed by atoms with van der Waals surface area (Å²) < 4.78 is 1.80. The fraction of sp³-hybridized carbons (Fsp3) is 0.500. The monoisotopic (exact) mass is 344 g/mol. The molecule has 0 N–H and O–H groups in total. The molecule has 0 bridgehead atoms. The molecule has 2 aromatic heterocycles. The van der Waals surface area contributed by atoms with Crippen molar-refractivity contribution in [2.24, 2.45) is 0 Å². The van der Waals surface area contributed by atoms with Gasteiger partial charge in [-0.1, -0.05) is 0 Å². The highest BCUT2D eigenvalue weighted by Gasteiger charge is 2.21. The summed E-state index contributed by atoms with van der Waals surface area (Å²) in [5.41, 5.74) is 0.478. The van der Waals surface area contributed by atoms with E-state index in [0.29, 0.717) is 5.69 Å². The van der Waals surface area contributed by atoms with Crippen LogP contribution in [0.15, 0.2) is 24.9 Å². The lowest BCUT2D eigenvalue weighted by atomic mass is 10.4. The molecule has 8 heteroatoms. The van der Waals surface area contributed by atoms with Crippen LogP contribution in [0, 0.1) is 0 Å². The first kappa shape index (κ1) is 15.4. The lowest BCUT2D eigenvalue weighted by molar-refractivity contribution is 0.0787. The van der Waals surface area contributed by atoms with Crippen molar-refractivity contribution < 1.29 is 4.79 Å². The normalized spacial score (nSPS) is 18.2. The van der Waals surface area contributed by atoms with Crippen molar-refractivity contribution in [3.63, 3.8) is 0 Å². The molecule has 0 aromatic carbocycles. The Morgan fingerprint density at radius 1 is 1.00 bits per heavy atom. The van der Waals surface area contributed by atoms with Crippen LogP contribution in [-0.4, -0.2) is 68.0 Å². The molecule has 7 nitrogen and oxygen atoms in total. The Morgan fingerprint density at radius 2 is 1.75 bits per heavy atom. The van der Waals surface area contributed by atoms with E-state index in [1.807, 2.05) is 22.7 Å². The summed E-state index contributed by atoms with van der Waals surface area (Å²) in [5.74, 6) is 3.93. The Bertz CT molecular complexity index is 721. The zero-order chi connectivity index (χ0) is 16.4. The van der Waals surface area contributed by atoms with Crippen LogP contribution in [-0.2, 0) is 0 Å². The van der Waals surface area contributed by atoms with Crippen LogP contribution in [0.1, 0.15) is 23.3 Å². The maximum atomic E-state index is 12.4. The van der Waals surface area contributed by atoms with Gasteiger partial charge in [0.25, 0.3) is 5.91 Å². The lowest BCUT2D eigenvalue weighted by Gasteiger charge is -2.27. The second-order valence-corrected chi connectivity index (χ2v) is 7.22. The molecule has 2 saturated heterocycles. The van der Waals surface area contributed by atoms with Crippen molar-refractivity contribution in [2.45, 2.75) is 12.8 Å². The summed E-state index contributed by atoms with van der Waals surface area (Å²) in [6.07, 6.45) is 7.15. The molecule has 0 aliphatic carbocycles. The van der Waals surface area contributed by atoms with Crippen molar-refractivity contribution in [3.8, 4) is 5.82 Å². The summed E-state index contributed by atoms with van der Waals surface area (Å²) in [5, 5.41) is 0. The van der Waals surface area contributed by atoms with Crippen molar-refractivity contribution >= 4 is 23.5 Å². The molecular weight excluding hydrogens is 324 g/mol. The molecular formula is C16H20N6OS. The zero-order valence-corrected chi connectivity index (χ0v) is 14.3. The van der Waals surface area contributed by atoms with Crippen molar-refractivity contribution in [1.82, 2.24) is 24.4 Å². The zero-order valence-electron chi connectivity index (χ0n) is 13.5. The van der Waals surface area contributed by atoms with E-state index in [9.17, 15) is 4.79 Å². The van der Waals surface area contributed by atoms with Gasteiger partial charge in [0.15, 0.2) is 0 Å². The SMILES string of the molecule is O=C(c1cn(-c2cc(N3CCSCC3)ncn2)cn1)N1CCCC1. The molecule has 126 valence electrons. The van der Waals surface area contributed by atoms with Gasteiger partial charge < -0.3 is 9.80 Å². The molecule has 0 unspecified atom stereocenters. The Labute approximate surface area is 145 Å². The van der Waals surface area contributed by atoms with E-state index in [-0.39, 0.29) is 5.91 Å². The van der Waals surface area contributed by atoms with Crippen molar-refractivity contribution in [3.05, 3.63) is 30.6 Å². The number of hydrogen-bond acceptors (Lipinski definition) is 6. The predicted octanol–water partition coefficient (Wildman–Crippen LogP) is 1.45. The van der Waals surface area contributed by atoms with Crippen LogP contribution >= 0.6 is 11.8 Å². The summed E-state index contributed by atoms with van der Waals surface area (Å²) >= 11 is 1.97. The lowest BCUT2D eigenvalue weighted by Crippen LogP contribution is -2.33. The minimum atomic E-state index is 0.00795. The van der Waals surface area contributed by atoms with Gasteiger partial charge in [0.05, 0.1) is 0 Å². The molecule has 0 saturated carbocycles. The first-order valence-electron chi connectivity index (χ1n) is 8.30. The first-order valence-corrected chi connectivity index (χ1v) is 9.45.